The van der Waals surface area contributed by atoms with Crippen molar-refractivity contribution in [3.05, 3.63) is 0 Å². The van der Waals surface area contributed by atoms with Crippen molar-refractivity contribution >= 4 is 41.3 Å². The van der Waals surface area contributed by atoms with Gasteiger partial charge >= 0.3 is 6.03 Å². The number of nitrogens with one attached hydrogen (secondary N) is 3. The molecule has 0 aromatic carbocycles. The molecule has 1 fully saturated rings. The van der Waals surface area contributed by atoms with Gasteiger partial charge in [0.2, 0.25) is 17.6 Å². The molecule has 5 amide bonds. The number of carbonyl (C=O) groups excluding carboxylic acids is 5. The Morgan fingerprint density at radius 2 is 1.60 bits per heavy atom. The van der Waals surface area contributed by atoms with Gasteiger partial charge < -0.3 is 26.6 Å². The van der Waals surface area contributed by atoms with Crippen LogP contribution in [-0.4, -0.2) is 75.1 Å². The normalized spacial score (nSPS) is 18.6. The molecule has 10 nitrogen and oxygen atoms in total. The summed E-state index contributed by atoms with van der Waals surface area (Å²) in [6.45, 7) is 20.4. The number of thioether (sulfide) groups is 1. The molecule has 1 saturated heterocycles. The average Bonchev–Trinajstić information content (AvgIpc) is 3.34. The largest absolute Gasteiger partial charge is 0.363 e. The van der Waals surface area contributed by atoms with E-state index in [0.29, 0.717) is 19.4 Å². The lowest BCUT2D eigenvalue weighted by Crippen LogP contribution is -2.62. The first-order valence-electron chi connectivity index (χ1n) is 15.4. The topological polar surface area (TPSA) is 151 Å². The van der Waals surface area contributed by atoms with E-state index in [4.69, 9.17) is 5.73 Å². The highest BCUT2D eigenvalue weighted by molar-refractivity contribution is 8.00. The number of Topliss-reactive ketones (excluding diaryl/α,β-unsaturated/α-hetero) is 1. The van der Waals surface area contributed by atoms with Crippen molar-refractivity contribution in [3.8, 4) is 0 Å². The van der Waals surface area contributed by atoms with Gasteiger partial charge in [0.05, 0.1) is 6.04 Å². The zero-order valence-electron chi connectivity index (χ0n) is 27.6. The second kappa shape index (κ2) is 16.0. The standard InChI is InChI=1S/C31H57N5O5S/c1-11-12-13-16-31(10,19-42-30(7,8)9)35-28(41)34-24(29(4,5)6)27(40)36-17-14-15-22(36)26(39)33-21(18-20(2)3)23(37)25(32)38/h20-22,24H,11-19H2,1-10H3,(H2,32,38)(H,33,39)(H2,34,35,41)/t21?,22-,24?,31?/m0/s1. The predicted octanol–water partition coefficient (Wildman–Crippen LogP) is 4.15. The molecule has 1 aliphatic heterocycles. The number of unbranched alkanes of at least 4 members (excludes halogenated alkanes) is 2. The Labute approximate surface area is 257 Å². The van der Waals surface area contributed by atoms with Gasteiger partial charge in [-0.05, 0) is 43.9 Å². The van der Waals surface area contributed by atoms with Gasteiger partial charge in [-0.3, -0.25) is 19.2 Å². The SMILES string of the molecule is CCCCCC(C)(CSC(C)(C)C)NC(=O)NC(C(=O)N1CCC[C@H]1C(=O)NC(CC(C)C)C(=O)C(N)=O)C(C)(C)C. The van der Waals surface area contributed by atoms with Crippen molar-refractivity contribution in [1.82, 2.24) is 20.9 Å². The molecule has 0 aliphatic carbocycles. The third-order valence-corrected chi connectivity index (χ3v) is 9.03. The second-order valence-corrected chi connectivity index (χ2v) is 16.2. The molecule has 0 aromatic heterocycles. The number of amides is 5. The van der Waals surface area contributed by atoms with E-state index in [-0.39, 0.29) is 23.0 Å². The third kappa shape index (κ3) is 12.5. The van der Waals surface area contributed by atoms with Gasteiger partial charge in [0, 0.05) is 22.6 Å². The lowest BCUT2D eigenvalue weighted by molar-refractivity contribution is -0.143. The average molecular weight is 612 g/mol. The number of nitrogens with zero attached hydrogens (tertiary/aromatic N) is 1. The maximum Gasteiger partial charge on any atom is 0.315 e. The van der Waals surface area contributed by atoms with Crippen LogP contribution < -0.4 is 21.7 Å². The summed E-state index contributed by atoms with van der Waals surface area (Å²) in [6.07, 6.45) is 5.23. The summed E-state index contributed by atoms with van der Waals surface area (Å²) in [7, 11) is 0. The quantitative estimate of drug-likeness (QED) is 0.161. The van der Waals surface area contributed by atoms with Crippen molar-refractivity contribution in [3.63, 3.8) is 0 Å². The molecule has 1 heterocycles. The summed E-state index contributed by atoms with van der Waals surface area (Å²) in [5, 5.41) is 8.78. The molecular formula is C31H57N5O5S. The Hall–Kier alpha value is -2.30. The number of urea groups is 1. The Morgan fingerprint density at radius 1 is 0.976 bits per heavy atom. The highest BCUT2D eigenvalue weighted by atomic mass is 32.2. The van der Waals surface area contributed by atoms with Crippen molar-refractivity contribution in [2.45, 2.75) is 143 Å². The summed E-state index contributed by atoms with van der Waals surface area (Å²) in [5.74, 6) is -2.05. The molecule has 0 bridgehead atoms. The van der Waals surface area contributed by atoms with E-state index in [1.165, 1.54) is 4.90 Å². The smallest absolute Gasteiger partial charge is 0.315 e. The van der Waals surface area contributed by atoms with E-state index in [0.717, 1.165) is 31.4 Å². The van der Waals surface area contributed by atoms with Gasteiger partial charge in [-0.1, -0.05) is 81.6 Å². The number of ketones is 1. The summed E-state index contributed by atoms with van der Waals surface area (Å²) >= 11 is 1.79. The van der Waals surface area contributed by atoms with E-state index in [1.54, 1.807) is 11.8 Å². The summed E-state index contributed by atoms with van der Waals surface area (Å²) in [5.41, 5.74) is 4.12. The predicted molar refractivity (Wildman–Crippen MR) is 170 cm³/mol. The highest BCUT2D eigenvalue weighted by Crippen LogP contribution is 2.30. The summed E-state index contributed by atoms with van der Waals surface area (Å²) < 4.78 is 0.0374. The van der Waals surface area contributed by atoms with Gasteiger partial charge in [0.25, 0.3) is 5.91 Å². The summed E-state index contributed by atoms with van der Waals surface area (Å²) in [6, 6.07) is -3.17. The fourth-order valence-corrected chi connectivity index (χ4v) is 5.98. The van der Waals surface area contributed by atoms with Crippen LogP contribution in [0.25, 0.3) is 0 Å². The Kier molecular flexibility index (Phi) is 14.3. The fourth-order valence-electron chi connectivity index (χ4n) is 5.01. The molecule has 0 spiro atoms. The minimum Gasteiger partial charge on any atom is -0.363 e. The van der Waals surface area contributed by atoms with Crippen molar-refractivity contribution in [1.29, 1.82) is 0 Å². The van der Waals surface area contributed by atoms with Crippen LogP contribution in [0.1, 0.15) is 114 Å². The van der Waals surface area contributed by atoms with Crippen LogP contribution in [0.3, 0.4) is 0 Å². The number of nitrogens with two attached hydrogens (primary N) is 1. The van der Waals surface area contributed by atoms with Crippen LogP contribution in [-0.2, 0) is 19.2 Å². The molecular weight excluding hydrogens is 554 g/mol. The fraction of sp³-hybridized carbons (Fsp3) is 0.839. The lowest BCUT2D eigenvalue weighted by Gasteiger charge is -2.38. The maximum absolute atomic E-state index is 13.9. The minimum absolute atomic E-state index is 0.0300. The van der Waals surface area contributed by atoms with Crippen LogP contribution in [0.2, 0.25) is 0 Å². The zero-order chi connectivity index (χ0) is 32.5. The van der Waals surface area contributed by atoms with E-state index in [9.17, 15) is 24.0 Å². The second-order valence-electron chi connectivity index (χ2n) is 14.4. The monoisotopic (exact) mass is 611 g/mol. The van der Waals surface area contributed by atoms with Gasteiger partial charge in [0.1, 0.15) is 12.1 Å². The first-order valence-corrected chi connectivity index (χ1v) is 16.4. The molecule has 11 heteroatoms. The van der Waals surface area contributed by atoms with Crippen LogP contribution in [0.15, 0.2) is 0 Å². The number of primary amides is 1. The minimum atomic E-state index is -1.11. The lowest BCUT2D eigenvalue weighted by atomic mass is 9.85. The van der Waals surface area contributed by atoms with Crippen LogP contribution in [0, 0.1) is 11.3 Å². The molecule has 1 rings (SSSR count). The van der Waals surface area contributed by atoms with E-state index in [1.807, 2.05) is 34.6 Å². The highest BCUT2D eigenvalue weighted by Gasteiger charge is 2.43. The van der Waals surface area contributed by atoms with E-state index in [2.05, 4.69) is 50.6 Å². The number of rotatable bonds is 15. The Bertz CT molecular complexity index is 958. The molecule has 3 unspecified atom stereocenters. The van der Waals surface area contributed by atoms with E-state index >= 15 is 0 Å². The molecule has 42 heavy (non-hydrogen) atoms. The van der Waals surface area contributed by atoms with E-state index < -0.39 is 52.7 Å². The number of hydrogen-bond acceptors (Lipinski definition) is 6. The summed E-state index contributed by atoms with van der Waals surface area (Å²) in [4.78, 5) is 66.1. The van der Waals surface area contributed by atoms with Crippen LogP contribution in [0.4, 0.5) is 4.79 Å². The Morgan fingerprint density at radius 3 is 2.10 bits per heavy atom. The Balaban J connectivity index is 3.12. The maximum atomic E-state index is 13.9. The van der Waals surface area contributed by atoms with Crippen molar-refractivity contribution in [2.75, 3.05) is 12.3 Å². The molecule has 0 radical (unpaired) electrons. The molecule has 5 N–H and O–H groups in total. The van der Waals surface area contributed by atoms with Gasteiger partial charge in [-0.25, -0.2) is 4.79 Å². The zero-order valence-corrected chi connectivity index (χ0v) is 28.5. The van der Waals surface area contributed by atoms with Gasteiger partial charge in [-0.15, -0.1) is 0 Å². The molecule has 1 aliphatic rings. The third-order valence-electron chi connectivity index (χ3n) is 7.38. The van der Waals surface area contributed by atoms with Crippen molar-refractivity contribution in [2.24, 2.45) is 17.1 Å². The van der Waals surface area contributed by atoms with Gasteiger partial charge in [0.15, 0.2) is 0 Å². The first kappa shape index (κ1) is 37.7. The molecule has 0 saturated carbocycles. The molecule has 4 atom stereocenters. The number of likely N-dealkylation sites (tertiary alicyclic amines) is 1. The number of carbonyl (C=O) groups is 5. The first-order chi connectivity index (χ1) is 19.2. The molecule has 242 valence electrons. The van der Waals surface area contributed by atoms with Crippen molar-refractivity contribution < 1.29 is 24.0 Å². The van der Waals surface area contributed by atoms with Crippen LogP contribution in [0.5, 0.6) is 0 Å². The molecule has 0 aromatic rings. The van der Waals surface area contributed by atoms with Gasteiger partial charge in [-0.2, -0.15) is 11.8 Å². The van der Waals surface area contributed by atoms with Crippen LogP contribution >= 0.6 is 11.8 Å². The number of hydrogen-bond donors (Lipinski definition) is 4.